The molecular weight excluding hydrogens is 262 g/mol. The Labute approximate surface area is 97.3 Å². The molecule has 0 bridgehead atoms. The molecule has 0 radical (unpaired) electrons. The van der Waals surface area contributed by atoms with Crippen LogP contribution in [0.4, 0.5) is 0 Å². The minimum atomic E-state index is 0.586. The van der Waals surface area contributed by atoms with Gasteiger partial charge in [-0.15, -0.1) is 11.8 Å². The van der Waals surface area contributed by atoms with Crippen molar-refractivity contribution in [1.82, 2.24) is 0 Å². The van der Waals surface area contributed by atoms with E-state index in [1.165, 1.54) is 10.5 Å². The second-order valence-corrected chi connectivity index (χ2v) is 4.85. The summed E-state index contributed by atoms with van der Waals surface area (Å²) in [7, 11) is 1.71. The van der Waals surface area contributed by atoms with Crippen molar-refractivity contribution in [2.45, 2.75) is 11.4 Å². The van der Waals surface area contributed by atoms with Crippen LogP contribution in [-0.4, -0.2) is 19.5 Å². The molecule has 2 N–H and O–H groups in total. The molecule has 0 atom stereocenters. The van der Waals surface area contributed by atoms with Crippen molar-refractivity contribution < 1.29 is 4.74 Å². The highest BCUT2D eigenvalue weighted by atomic mass is 79.9. The van der Waals surface area contributed by atoms with Gasteiger partial charge in [0.25, 0.3) is 0 Å². The summed E-state index contributed by atoms with van der Waals surface area (Å²) in [5.41, 5.74) is 6.83. The number of nitrogens with two attached hydrogens (primary N) is 1. The fourth-order valence-corrected chi connectivity index (χ4v) is 2.60. The van der Waals surface area contributed by atoms with Gasteiger partial charge in [-0.25, -0.2) is 0 Å². The van der Waals surface area contributed by atoms with Crippen molar-refractivity contribution in [3.8, 4) is 0 Å². The first-order valence-corrected chi connectivity index (χ1v) is 6.16. The summed E-state index contributed by atoms with van der Waals surface area (Å²) in [5.74, 6) is 0.958. The standard InChI is InChI=1S/C10H14BrNOS/c1-13-4-5-14-10-6-9(11)3-2-8(10)7-12/h2-3,6H,4-5,7,12H2,1H3. The van der Waals surface area contributed by atoms with Crippen LogP contribution < -0.4 is 5.73 Å². The van der Waals surface area contributed by atoms with Crippen LogP contribution in [0.25, 0.3) is 0 Å². The van der Waals surface area contributed by atoms with E-state index >= 15 is 0 Å². The summed E-state index contributed by atoms with van der Waals surface area (Å²) in [5, 5.41) is 0. The number of halogens is 1. The smallest absolute Gasteiger partial charge is 0.0556 e. The molecule has 0 aromatic heterocycles. The number of hydrogen-bond acceptors (Lipinski definition) is 3. The highest BCUT2D eigenvalue weighted by Gasteiger charge is 2.02. The zero-order chi connectivity index (χ0) is 10.4. The van der Waals surface area contributed by atoms with Crippen LogP contribution in [0.3, 0.4) is 0 Å². The van der Waals surface area contributed by atoms with Gasteiger partial charge in [0, 0.05) is 28.8 Å². The van der Waals surface area contributed by atoms with E-state index in [1.54, 1.807) is 18.9 Å². The minimum Gasteiger partial charge on any atom is -0.384 e. The third-order valence-electron chi connectivity index (χ3n) is 1.79. The van der Waals surface area contributed by atoms with Gasteiger partial charge in [-0.3, -0.25) is 0 Å². The predicted octanol–water partition coefficient (Wildman–Crippen LogP) is 2.65. The molecule has 0 saturated carbocycles. The van der Waals surface area contributed by atoms with E-state index < -0.39 is 0 Å². The number of hydrogen-bond donors (Lipinski definition) is 1. The molecule has 1 rings (SSSR count). The zero-order valence-electron chi connectivity index (χ0n) is 8.13. The average molecular weight is 276 g/mol. The molecule has 0 aliphatic heterocycles. The summed E-state index contributed by atoms with van der Waals surface area (Å²) in [4.78, 5) is 1.24. The first-order valence-electron chi connectivity index (χ1n) is 4.38. The van der Waals surface area contributed by atoms with Crippen molar-refractivity contribution in [2.24, 2.45) is 5.73 Å². The second kappa shape index (κ2) is 6.45. The summed E-state index contributed by atoms with van der Waals surface area (Å²) in [6.07, 6.45) is 0. The third kappa shape index (κ3) is 3.61. The molecule has 2 nitrogen and oxygen atoms in total. The van der Waals surface area contributed by atoms with Gasteiger partial charge >= 0.3 is 0 Å². The molecule has 4 heteroatoms. The van der Waals surface area contributed by atoms with Crippen molar-refractivity contribution >= 4 is 27.7 Å². The van der Waals surface area contributed by atoms with Crippen molar-refractivity contribution in [3.05, 3.63) is 28.2 Å². The Balaban J connectivity index is 2.67. The molecular formula is C10H14BrNOS. The monoisotopic (exact) mass is 275 g/mol. The minimum absolute atomic E-state index is 0.586. The lowest BCUT2D eigenvalue weighted by atomic mass is 10.2. The number of thioether (sulfide) groups is 1. The maximum Gasteiger partial charge on any atom is 0.0556 e. The maximum absolute atomic E-state index is 5.65. The second-order valence-electron chi connectivity index (χ2n) is 2.80. The fraction of sp³-hybridized carbons (Fsp3) is 0.400. The van der Waals surface area contributed by atoms with Gasteiger partial charge in [-0.05, 0) is 17.7 Å². The van der Waals surface area contributed by atoms with Crippen LogP contribution in [0.5, 0.6) is 0 Å². The first-order chi connectivity index (χ1) is 6.77. The molecule has 14 heavy (non-hydrogen) atoms. The Morgan fingerprint density at radius 3 is 2.93 bits per heavy atom. The van der Waals surface area contributed by atoms with E-state index in [0.29, 0.717) is 6.54 Å². The van der Waals surface area contributed by atoms with E-state index in [2.05, 4.69) is 28.1 Å². The number of methoxy groups -OCH3 is 1. The molecule has 0 saturated heterocycles. The van der Waals surface area contributed by atoms with Crippen molar-refractivity contribution in [3.63, 3.8) is 0 Å². The summed E-state index contributed by atoms with van der Waals surface area (Å²) < 4.78 is 6.10. The normalized spacial score (nSPS) is 10.5. The fourth-order valence-electron chi connectivity index (χ4n) is 1.07. The van der Waals surface area contributed by atoms with E-state index in [1.807, 2.05) is 6.07 Å². The molecule has 0 aliphatic carbocycles. The Morgan fingerprint density at radius 1 is 1.50 bits per heavy atom. The molecule has 0 unspecified atom stereocenters. The Kier molecular flexibility index (Phi) is 5.55. The van der Waals surface area contributed by atoms with Crippen LogP contribution in [0.2, 0.25) is 0 Å². The Morgan fingerprint density at radius 2 is 2.29 bits per heavy atom. The van der Waals surface area contributed by atoms with Crippen molar-refractivity contribution in [1.29, 1.82) is 0 Å². The van der Waals surface area contributed by atoms with Crippen LogP contribution in [-0.2, 0) is 11.3 Å². The highest BCUT2D eigenvalue weighted by molar-refractivity contribution is 9.10. The Bertz CT molecular complexity index is 293. The van der Waals surface area contributed by atoms with E-state index in [4.69, 9.17) is 10.5 Å². The van der Waals surface area contributed by atoms with Gasteiger partial charge in [0.2, 0.25) is 0 Å². The lowest BCUT2D eigenvalue weighted by Gasteiger charge is -2.07. The van der Waals surface area contributed by atoms with Crippen LogP contribution in [0.1, 0.15) is 5.56 Å². The zero-order valence-corrected chi connectivity index (χ0v) is 10.5. The van der Waals surface area contributed by atoms with Crippen LogP contribution in [0, 0.1) is 0 Å². The SMILES string of the molecule is COCCSc1cc(Br)ccc1CN. The molecule has 1 aromatic rings. The maximum atomic E-state index is 5.65. The molecule has 0 aliphatic rings. The highest BCUT2D eigenvalue weighted by Crippen LogP contribution is 2.26. The predicted molar refractivity (Wildman–Crippen MR) is 64.6 cm³/mol. The van der Waals surface area contributed by atoms with E-state index in [-0.39, 0.29) is 0 Å². The van der Waals surface area contributed by atoms with Gasteiger partial charge in [0.05, 0.1) is 6.61 Å². The van der Waals surface area contributed by atoms with Crippen LogP contribution >= 0.6 is 27.7 Å². The lowest BCUT2D eigenvalue weighted by Crippen LogP contribution is -1.99. The van der Waals surface area contributed by atoms with Gasteiger partial charge in [0.15, 0.2) is 0 Å². The van der Waals surface area contributed by atoms with Gasteiger partial charge in [-0.2, -0.15) is 0 Å². The summed E-state index contributed by atoms with van der Waals surface area (Å²) in [6.45, 7) is 1.35. The molecule has 0 amide bonds. The molecule has 78 valence electrons. The molecule has 0 heterocycles. The van der Waals surface area contributed by atoms with E-state index in [9.17, 15) is 0 Å². The Hall–Kier alpha value is -0.0300. The van der Waals surface area contributed by atoms with Crippen molar-refractivity contribution in [2.75, 3.05) is 19.5 Å². The number of ether oxygens (including phenoxy) is 1. The van der Waals surface area contributed by atoms with Crippen LogP contribution in [0.15, 0.2) is 27.6 Å². The van der Waals surface area contributed by atoms with Gasteiger partial charge in [-0.1, -0.05) is 22.0 Å². The molecule has 0 fully saturated rings. The average Bonchev–Trinajstić information content (AvgIpc) is 2.19. The number of benzene rings is 1. The molecule has 1 aromatic carbocycles. The topological polar surface area (TPSA) is 35.2 Å². The van der Waals surface area contributed by atoms with E-state index in [0.717, 1.165) is 16.8 Å². The number of rotatable bonds is 5. The molecule has 0 spiro atoms. The lowest BCUT2D eigenvalue weighted by molar-refractivity contribution is 0.218. The summed E-state index contributed by atoms with van der Waals surface area (Å²) in [6, 6.07) is 6.17. The quantitative estimate of drug-likeness (QED) is 0.663. The summed E-state index contributed by atoms with van der Waals surface area (Å²) >= 11 is 5.22. The third-order valence-corrected chi connectivity index (χ3v) is 3.35. The van der Waals surface area contributed by atoms with Gasteiger partial charge < -0.3 is 10.5 Å². The first kappa shape index (κ1) is 12.0. The van der Waals surface area contributed by atoms with Gasteiger partial charge in [0.1, 0.15) is 0 Å². The largest absolute Gasteiger partial charge is 0.384 e.